The Hall–Kier alpha value is -2.00. The Labute approximate surface area is 139 Å². The summed E-state index contributed by atoms with van der Waals surface area (Å²) in [5, 5.41) is 3.56. The zero-order valence-electron chi connectivity index (χ0n) is 14.3. The molecule has 1 atom stereocenters. The van der Waals surface area contributed by atoms with Crippen LogP contribution in [-0.4, -0.2) is 13.7 Å². The van der Waals surface area contributed by atoms with Crippen molar-refractivity contribution in [2.75, 3.05) is 13.7 Å². The van der Waals surface area contributed by atoms with Crippen LogP contribution in [-0.2, 0) is 6.54 Å². The van der Waals surface area contributed by atoms with E-state index in [0.29, 0.717) is 0 Å². The van der Waals surface area contributed by atoms with Crippen molar-refractivity contribution in [3.63, 3.8) is 0 Å². The van der Waals surface area contributed by atoms with Gasteiger partial charge in [-0.3, -0.25) is 0 Å². The highest BCUT2D eigenvalue weighted by Gasteiger charge is 2.12. The largest absolute Gasteiger partial charge is 0.493 e. The first-order chi connectivity index (χ1) is 11.3. The third kappa shape index (κ3) is 5.00. The molecule has 2 aromatic rings. The fourth-order valence-corrected chi connectivity index (χ4v) is 2.47. The minimum absolute atomic E-state index is 0.283. The molecule has 3 nitrogen and oxygen atoms in total. The molecular weight excluding hydrogens is 286 g/mol. The molecule has 0 saturated carbocycles. The molecule has 0 amide bonds. The normalized spacial score (nSPS) is 12.0. The number of unbranched alkanes of at least 4 members (excludes halogenated alkanes) is 1. The molecule has 0 fully saturated rings. The molecule has 0 spiro atoms. The number of rotatable bonds is 9. The molecule has 2 rings (SSSR count). The highest BCUT2D eigenvalue weighted by atomic mass is 16.5. The van der Waals surface area contributed by atoms with Gasteiger partial charge in [0.2, 0.25) is 0 Å². The van der Waals surface area contributed by atoms with Crippen molar-refractivity contribution in [3.05, 3.63) is 59.7 Å². The summed E-state index contributed by atoms with van der Waals surface area (Å²) in [6, 6.07) is 16.8. The topological polar surface area (TPSA) is 30.5 Å². The Morgan fingerprint density at radius 2 is 1.83 bits per heavy atom. The van der Waals surface area contributed by atoms with Crippen molar-refractivity contribution in [2.45, 2.75) is 39.3 Å². The van der Waals surface area contributed by atoms with Gasteiger partial charge >= 0.3 is 0 Å². The van der Waals surface area contributed by atoms with E-state index in [2.05, 4.69) is 49.5 Å². The summed E-state index contributed by atoms with van der Waals surface area (Å²) in [6.45, 7) is 5.80. The minimum atomic E-state index is 0.283. The van der Waals surface area contributed by atoms with Crippen molar-refractivity contribution >= 4 is 0 Å². The minimum Gasteiger partial charge on any atom is -0.493 e. The molecule has 0 bridgehead atoms. The fraction of sp³-hybridized carbons (Fsp3) is 0.400. The highest BCUT2D eigenvalue weighted by Crippen LogP contribution is 2.31. The van der Waals surface area contributed by atoms with Crippen LogP contribution in [0.4, 0.5) is 0 Å². The van der Waals surface area contributed by atoms with E-state index in [1.807, 2.05) is 18.2 Å². The Bertz CT molecular complexity index is 583. The molecule has 0 aliphatic carbocycles. The van der Waals surface area contributed by atoms with Gasteiger partial charge in [0.1, 0.15) is 0 Å². The van der Waals surface area contributed by atoms with Crippen molar-refractivity contribution in [3.8, 4) is 11.5 Å². The summed E-state index contributed by atoms with van der Waals surface area (Å²) in [7, 11) is 1.69. The van der Waals surface area contributed by atoms with Gasteiger partial charge in [0, 0.05) is 18.2 Å². The lowest BCUT2D eigenvalue weighted by atomic mass is 10.1. The molecule has 0 aromatic heterocycles. The average molecular weight is 313 g/mol. The second-order valence-electron chi connectivity index (χ2n) is 5.66. The summed E-state index contributed by atoms with van der Waals surface area (Å²) < 4.78 is 11.4. The van der Waals surface area contributed by atoms with E-state index >= 15 is 0 Å². The molecule has 0 aliphatic heterocycles. The van der Waals surface area contributed by atoms with Gasteiger partial charge < -0.3 is 14.8 Å². The second kappa shape index (κ2) is 9.21. The van der Waals surface area contributed by atoms with Crippen LogP contribution >= 0.6 is 0 Å². The third-order valence-corrected chi connectivity index (χ3v) is 3.92. The first-order valence-electron chi connectivity index (χ1n) is 8.33. The lowest BCUT2D eigenvalue weighted by molar-refractivity contribution is 0.284. The summed E-state index contributed by atoms with van der Waals surface area (Å²) in [6.07, 6.45) is 2.17. The number of benzene rings is 2. The molecule has 1 N–H and O–H groups in total. The number of para-hydroxylation sites is 1. The van der Waals surface area contributed by atoms with Gasteiger partial charge in [-0.1, -0.05) is 55.8 Å². The van der Waals surface area contributed by atoms with Crippen molar-refractivity contribution in [1.29, 1.82) is 0 Å². The number of nitrogens with one attached hydrogen (secondary N) is 1. The Morgan fingerprint density at radius 1 is 1.04 bits per heavy atom. The maximum Gasteiger partial charge on any atom is 0.165 e. The van der Waals surface area contributed by atoms with Gasteiger partial charge in [-0.2, -0.15) is 0 Å². The zero-order valence-corrected chi connectivity index (χ0v) is 14.3. The molecule has 0 saturated heterocycles. The Morgan fingerprint density at radius 3 is 2.52 bits per heavy atom. The van der Waals surface area contributed by atoms with Crippen LogP contribution in [0.2, 0.25) is 0 Å². The molecule has 0 aliphatic rings. The van der Waals surface area contributed by atoms with Crippen molar-refractivity contribution in [1.82, 2.24) is 5.32 Å². The van der Waals surface area contributed by atoms with Gasteiger partial charge in [-0.15, -0.1) is 0 Å². The summed E-state index contributed by atoms with van der Waals surface area (Å²) in [5.74, 6) is 1.66. The maximum atomic E-state index is 5.97. The number of hydrogen-bond donors (Lipinski definition) is 1. The quantitative estimate of drug-likeness (QED) is 0.679. The van der Waals surface area contributed by atoms with Crippen LogP contribution in [0.3, 0.4) is 0 Å². The standard InChI is InChI=1S/C20H27NO2/c1-4-5-14-23-20-18(12-9-13-19(20)22-3)15-21-16(2)17-10-7-6-8-11-17/h6-13,16,21H,4-5,14-15H2,1-3H3. The van der Waals surface area contributed by atoms with E-state index in [9.17, 15) is 0 Å². The van der Waals surface area contributed by atoms with Crippen LogP contribution in [0.1, 0.15) is 43.9 Å². The van der Waals surface area contributed by atoms with Crippen molar-refractivity contribution in [2.24, 2.45) is 0 Å². The molecule has 2 aromatic carbocycles. The predicted octanol–water partition coefficient (Wildman–Crippen LogP) is 4.72. The van der Waals surface area contributed by atoms with Gasteiger partial charge in [0.05, 0.1) is 13.7 Å². The number of ether oxygens (including phenoxy) is 2. The molecule has 3 heteroatoms. The van der Waals surface area contributed by atoms with E-state index in [0.717, 1.165) is 43.1 Å². The van der Waals surface area contributed by atoms with Gasteiger partial charge in [0.15, 0.2) is 11.5 Å². The summed E-state index contributed by atoms with van der Waals surface area (Å²) >= 11 is 0. The molecule has 0 radical (unpaired) electrons. The second-order valence-corrected chi connectivity index (χ2v) is 5.66. The smallest absolute Gasteiger partial charge is 0.165 e. The molecule has 23 heavy (non-hydrogen) atoms. The third-order valence-electron chi connectivity index (χ3n) is 3.92. The van der Waals surface area contributed by atoms with Crippen LogP contribution in [0.5, 0.6) is 11.5 Å². The van der Waals surface area contributed by atoms with E-state index in [1.165, 1.54) is 5.56 Å². The van der Waals surface area contributed by atoms with E-state index in [-0.39, 0.29) is 6.04 Å². The molecule has 124 valence electrons. The average Bonchev–Trinajstić information content (AvgIpc) is 2.61. The van der Waals surface area contributed by atoms with Crippen molar-refractivity contribution < 1.29 is 9.47 Å². The lowest BCUT2D eigenvalue weighted by Gasteiger charge is -2.18. The molecular formula is C20H27NO2. The summed E-state index contributed by atoms with van der Waals surface area (Å²) in [5.41, 5.74) is 2.41. The van der Waals surface area contributed by atoms with E-state index in [4.69, 9.17) is 9.47 Å². The van der Waals surface area contributed by atoms with Gasteiger partial charge in [-0.25, -0.2) is 0 Å². The van der Waals surface area contributed by atoms with Crippen LogP contribution in [0.15, 0.2) is 48.5 Å². The van der Waals surface area contributed by atoms with Crippen LogP contribution in [0, 0.1) is 0 Å². The lowest BCUT2D eigenvalue weighted by Crippen LogP contribution is -2.18. The predicted molar refractivity (Wildman–Crippen MR) is 95.1 cm³/mol. The van der Waals surface area contributed by atoms with E-state index in [1.54, 1.807) is 7.11 Å². The van der Waals surface area contributed by atoms with Gasteiger partial charge in [-0.05, 0) is 25.0 Å². The number of methoxy groups -OCH3 is 1. The SMILES string of the molecule is CCCCOc1c(CNC(C)c2ccccc2)cccc1OC. The van der Waals surface area contributed by atoms with Crippen LogP contribution in [0.25, 0.3) is 0 Å². The zero-order chi connectivity index (χ0) is 16.5. The Kier molecular flexibility index (Phi) is 6.95. The number of hydrogen-bond acceptors (Lipinski definition) is 3. The molecule has 0 heterocycles. The first kappa shape index (κ1) is 17.4. The van der Waals surface area contributed by atoms with Crippen LogP contribution < -0.4 is 14.8 Å². The fourth-order valence-electron chi connectivity index (χ4n) is 2.47. The maximum absolute atomic E-state index is 5.97. The Balaban J connectivity index is 2.06. The monoisotopic (exact) mass is 313 g/mol. The summed E-state index contributed by atoms with van der Waals surface area (Å²) in [4.78, 5) is 0. The molecule has 1 unspecified atom stereocenters. The first-order valence-corrected chi connectivity index (χ1v) is 8.33. The van der Waals surface area contributed by atoms with Gasteiger partial charge in [0.25, 0.3) is 0 Å². The van der Waals surface area contributed by atoms with E-state index < -0.39 is 0 Å². The highest BCUT2D eigenvalue weighted by molar-refractivity contribution is 5.46.